The highest BCUT2D eigenvalue weighted by Crippen LogP contribution is 2.16. The van der Waals surface area contributed by atoms with Gasteiger partial charge in [-0.05, 0) is 27.7 Å². The van der Waals surface area contributed by atoms with E-state index in [1.807, 2.05) is 0 Å². The van der Waals surface area contributed by atoms with Crippen LogP contribution in [0.4, 0.5) is 4.79 Å². The van der Waals surface area contributed by atoms with Gasteiger partial charge in [0.1, 0.15) is 5.60 Å². The minimum atomic E-state index is -0.594. The first kappa shape index (κ1) is 16.2. The summed E-state index contributed by atoms with van der Waals surface area (Å²) in [6.45, 7) is 7.62. The standard InChI is InChI=1S/C14H21NO5/c1-5-19-12(17)8-10-9-15(7-6-11(10)16)13(18)20-14(2,3)4/h8H,5-7,9H2,1-4H3/b10-8-. The molecule has 1 aliphatic rings. The molecule has 0 unspecified atom stereocenters. The smallest absolute Gasteiger partial charge is 0.410 e. The van der Waals surface area contributed by atoms with Gasteiger partial charge in [0.25, 0.3) is 0 Å². The van der Waals surface area contributed by atoms with Gasteiger partial charge in [-0.15, -0.1) is 0 Å². The first-order valence-electron chi connectivity index (χ1n) is 6.61. The third kappa shape index (κ3) is 5.03. The number of ketones is 1. The number of likely N-dealkylation sites (tertiary alicyclic amines) is 1. The van der Waals surface area contributed by atoms with Crippen molar-refractivity contribution in [1.82, 2.24) is 4.90 Å². The zero-order chi connectivity index (χ0) is 15.3. The van der Waals surface area contributed by atoms with Crippen molar-refractivity contribution in [2.75, 3.05) is 19.7 Å². The number of Topliss-reactive ketones (excluding diaryl/α,β-unsaturated/α-hetero) is 1. The summed E-state index contributed by atoms with van der Waals surface area (Å²) in [5.74, 6) is -0.709. The van der Waals surface area contributed by atoms with Crippen LogP contribution in [0.1, 0.15) is 34.1 Å². The fourth-order valence-electron chi connectivity index (χ4n) is 1.70. The van der Waals surface area contributed by atoms with E-state index in [1.54, 1.807) is 27.7 Å². The molecule has 0 aromatic carbocycles. The Balaban J connectivity index is 2.73. The maximum absolute atomic E-state index is 11.9. The lowest BCUT2D eigenvalue weighted by molar-refractivity contribution is -0.137. The fraction of sp³-hybridized carbons (Fsp3) is 0.643. The molecule has 1 rings (SSSR count). The van der Waals surface area contributed by atoms with Crippen molar-refractivity contribution in [2.45, 2.75) is 39.7 Å². The first-order valence-corrected chi connectivity index (χ1v) is 6.61. The van der Waals surface area contributed by atoms with Gasteiger partial charge in [-0.25, -0.2) is 9.59 Å². The molecule has 20 heavy (non-hydrogen) atoms. The molecule has 0 saturated carbocycles. The van der Waals surface area contributed by atoms with E-state index in [4.69, 9.17) is 9.47 Å². The molecule has 0 radical (unpaired) electrons. The number of ether oxygens (including phenoxy) is 2. The molecule has 1 amide bonds. The van der Waals surface area contributed by atoms with Crippen molar-refractivity contribution in [1.29, 1.82) is 0 Å². The quantitative estimate of drug-likeness (QED) is 0.569. The van der Waals surface area contributed by atoms with Crippen LogP contribution in [0.5, 0.6) is 0 Å². The predicted molar refractivity (Wildman–Crippen MR) is 72.1 cm³/mol. The topological polar surface area (TPSA) is 72.9 Å². The minimum absolute atomic E-state index is 0.0760. The summed E-state index contributed by atoms with van der Waals surface area (Å²) >= 11 is 0. The molecule has 1 aliphatic heterocycles. The summed E-state index contributed by atoms with van der Waals surface area (Å²) in [4.78, 5) is 36.5. The Morgan fingerprint density at radius 1 is 1.35 bits per heavy atom. The second-order valence-corrected chi connectivity index (χ2v) is 5.50. The van der Waals surface area contributed by atoms with Crippen LogP contribution in [0.2, 0.25) is 0 Å². The Morgan fingerprint density at radius 2 is 2.00 bits per heavy atom. The van der Waals surface area contributed by atoms with Gasteiger partial charge in [0.2, 0.25) is 0 Å². The van der Waals surface area contributed by atoms with Crippen molar-refractivity contribution in [2.24, 2.45) is 0 Å². The Hall–Kier alpha value is -1.85. The van der Waals surface area contributed by atoms with E-state index in [0.29, 0.717) is 6.54 Å². The van der Waals surface area contributed by atoms with Gasteiger partial charge in [-0.2, -0.15) is 0 Å². The molecule has 1 heterocycles. The number of piperidine rings is 1. The third-order valence-electron chi connectivity index (χ3n) is 2.56. The van der Waals surface area contributed by atoms with Gasteiger partial charge in [-0.1, -0.05) is 0 Å². The number of nitrogens with zero attached hydrogens (tertiary/aromatic N) is 1. The Kier molecular flexibility index (Phi) is 5.30. The highest BCUT2D eigenvalue weighted by molar-refractivity contribution is 6.02. The highest BCUT2D eigenvalue weighted by Gasteiger charge is 2.29. The fourth-order valence-corrected chi connectivity index (χ4v) is 1.70. The third-order valence-corrected chi connectivity index (χ3v) is 2.56. The summed E-state index contributed by atoms with van der Waals surface area (Å²) in [7, 11) is 0. The van der Waals surface area contributed by atoms with E-state index in [1.165, 1.54) is 4.90 Å². The van der Waals surface area contributed by atoms with Crippen LogP contribution in [0, 0.1) is 0 Å². The van der Waals surface area contributed by atoms with E-state index < -0.39 is 17.7 Å². The summed E-state index contributed by atoms with van der Waals surface area (Å²) in [5.41, 5.74) is -0.315. The van der Waals surface area contributed by atoms with Gasteiger partial charge < -0.3 is 14.4 Å². The maximum Gasteiger partial charge on any atom is 0.410 e. The highest BCUT2D eigenvalue weighted by atomic mass is 16.6. The van der Waals surface area contributed by atoms with Crippen LogP contribution < -0.4 is 0 Å². The van der Waals surface area contributed by atoms with Crippen LogP contribution in [0.3, 0.4) is 0 Å². The lowest BCUT2D eigenvalue weighted by atomic mass is 10.0. The molecular formula is C14H21NO5. The van der Waals surface area contributed by atoms with Gasteiger partial charge in [-0.3, -0.25) is 4.79 Å². The van der Waals surface area contributed by atoms with Gasteiger partial charge in [0.05, 0.1) is 13.2 Å². The average molecular weight is 283 g/mol. The molecule has 0 aromatic rings. The van der Waals surface area contributed by atoms with Gasteiger partial charge in [0, 0.05) is 24.6 Å². The number of hydrogen-bond donors (Lipinski definition) is 0. The Labute approximate surface area is 118 Å². The van der Waals surface area contributed by atoms with E-state index >= 15 is 0 Å². The second-order valence-electron chi connectivity index (χ2n) is 5.50. The van der Waals surface area contributed by atoms with E-state index in [0.717, 1.165) is 6.08 Å². The lowest BCUT2D eigenvalue weighted by Crippen LogP contribution is -2.43. The van der Waals surface area contributed by atoms with Gasteiger partial charge in [0.15, 0.2) is 5.78 Å². The van der Waals surface area contributed by atoms with E-state index in [9.17, 15) is 14.4 Å². The molecule has 6 heteroatoms. The molecule has 0 N–H and O–H groups in total. The van der Waals surface area contributed by atoms with Crippen LogP contribution >= 0.6 is 0 Å². The van der Waals surface area contributed by atoms with Gasteiger partial charge >= 0.3 is 12.1 Å². The molecular weight excluding hydrogens is 262 g/mol. The molecule has 0 spiro atoms. The zero-order valence-electron chi connectivity index (χ0n) is 12.4. The van der Waals surface area contributed by atoms with Crippen molar-refractivity contribution >= 4 is 17.8 Å². The molecule has 112 valence electrons. The first-order chi connectivity index (χ1) is 9.23. The molecule has 6 nitrogen and oxygen atoms in total. The van der Waals surface area contributed by atoms with Crippen LogP contribution in [0.25, 0.3) is 0 Å². The van der Waals surface area contributed by atoms with E-state index in [-0.39, 0.29) is 30.9 Å². The largest absolute Gasteiger partial charge is 0.463 e. The SMILES string of the molecule is CCOC(=O)/C=C1/CN(C(=O)OC(C)(C)C)CCC1=O. The summed E-state index contributed by atoms with van der Waals surface area (Å²) in [5, 5.41) is 0. The molecule has 0 aromatic heterocycles. The summed E-state index contributed by atoms with van der Waals surface area (Å²) in [6.07, 6.45) is 0.854. The van der Waals surface area contributed by atoms with Crippen molar-refractivity contribution < 1.29 is 23.9 Å². The van der Waals surface area contributed by atoms with Crippen LogP contribution in [-0.4, -0.2) is 48.0 Å². The van der Waals surface area contributed by atoms with Crippen molar-refractivity contribution in [3.63, 3.8) is 0 Å². The number of amides is 1. The zero-order valence-corrected chi connectivity index (χ0v) is 12.4. The molecule has 0 atom stereocenters. The number of rotatable bonds is 2. The van der Waals surface area contributed by atoms with Crippen LogP contribution in [-0.2, 0) is 19.1 Å². The Morgan fingerprint density at radius 3 is 2.55 bits per heavy atom. The number of carbonyl (C=O) groups is 3. The molecule has 0 bridgehead atoms. The lowest BCUT2D eigenvalue weighted by Gasteiger charge is -2.30. The van der Waals surface area contributed by atoms with Crippen LogP contribution in [0.15, 0.2) is 11.6 Å². The Bertz CT molecular complexity index is 433. The number of hydrogen-bond acceptors (Lipinski definition) is 5. The van der Waals surface area contributed by atoms with Crippen molar-refractivity contribution in [3.8, 4) is 0 Å². The summed E-state index contributed by atoms with van der Waals surface area (Å²) in [6, 6.07) is 0. The second kappa shape index (κ2) is 6.54. The monoisotopic (exact) mass is 283 g/mol. The maximum atomic E-state index is 11.9. The normalized spacial score (nSPS) is 18.1. The summed E-state index contributed by atoms with van der Waals surface area (Å²) < 4.78 is 10.0. The predicted octanol–water partition coefficient (Wildman–Crippen LogP) is 1.69. The molecule has 1 fully saturated rings. The molecule has 0 aliphatic carbocycles. The number of carbonyl (C=O) groups excluding carboxylic acids is 3. The van der Waals surface area contributed by atoms with Crippen molar-refractivity contribution in [3.05, 3.63) is 11.6 Å². The van der Waals surface area contributed by atoms with E-state index in [2.05, 4.69) is 0 Å². The minimum Gasteiger partial charge on any atom is -0.463 e. The average Bonchev–Trinajstić information content (AvgIpc) is 2.30. The number of esters is 1. The molecule has 1 saturated heterocycles.